The third-order valence-corrected chi connectivity index (χ3v) is 4.25. The molecule has 0 radical (unpaired) electrons. The maximum absolute atomic E-state index is 12.0. The molecule has 3 unspecified atom stereocenters. The van der Waals surface area contributed by atoms with Crippen LogP contribution in [0.4, 0.5) is 4.79 Å². The second-order valence-corrected chi connectivity index (χ2v) is 7.11. The van der Waals surface area contributed by atoms with Crippen LogP contribution < -0.4 is 11.1 Å². The Morgan fingerprint density at radius 1 is 1.35 bits per heavy atom. The molecule has 2 fully saturated rings. The highest BCUT2D eigenvalue weighted by molar-refractivity contribution is 5.68. The molecule has 1 saturated carbocycles. The van der Waals surface area contributed by atoms with Gasteiger partial charge in [0.05, 0.1) is 0 Å². The van der Waals surface area contributed by atoms with E-state index < -0.39 is 5.60 Å². The summed E-state index contributed by atoms with van der Waals surface area (Å²) >= 11 is 0. The summed E-state index contributed by atoms with van der Waals surface area (Å²) in [5.74, 6) is 0.602. The van der Waals surface area contributed by atoms with Gasteiger partial charge in [-0.15, -0.1) is 0 Å². The lowest BCUT2D eigenvalue weighted by molar-refractivity contribution is 0.0290. The van der Waals surface area contributed by atoms with E-state index in [-0.39, 0.29) is 6.09 Å². The first-order valence-electron chi connectivity index (χ1n) is 7.83. The van der Waals surface area contributed by atoms with E-state index in [0.717, 1.165) is 26.1 Å². The molecule has 0 aromatic heterocycles. The summed E-state index contributed by atoms with van der Waals surface area (Å²) in [4.78, 5) is 13.8. The van der Waals surface area contributed by atoms with Crippen molar-refractivity contribution >= 4 is 6.09 Å². The van der Waals surface area contributed by atoms with Gasteiger partial charge in [-0.25, -0.2) is 4.79 Å². The first-order valence-corrected chi connectivity index (χ1v) is 7.83. The number of amides is 1. The first kappa shape index (κ1) is 15.6. The van der Waals surface area contributed by atoms with Crippen LogP contribution in [0.3, 0.4) is 0 Å². The molecule has 0 bridgehead atoms. The summed E-state index contributed by atoms with van der Waals surface area (Å²) in [6.45, 7) is 8.01. The van der Waals surface area contributed by atoms with Crippen LogP contribution in [0, 0.1) is 5.92 Å². The summed E-state index contributed by atoms with van der Waals surface area (Å²) in [5.41, 5.74) is 5.40. The topological polar surface area (TPSA) is 67.6 Å². The molecule has 116 valence electrons. The van der Waals surface area contributed by atoms with E-state index in [4.69, 9.17) is 10.5 Å². The van der Waals surface area contributed by atoms with Crippen LogP contribution in [0.2, 0.25) is 0 Å². The number of hydrogen-bond donors (Lipinski definition) is 2. The van der Waals surface area contributed by atoms with Gasteiger partial charge in [0, 0.05) is 25.2 Å². The van der Waals surface area contributed by atoms with Gasteiger partial charge in [-0.1, -0.05) is 6.42 Å². The van der Waals surface area contributed by atoms with E-state index in [1.54, 1.807) is 0 Å². The van der Waals surface area contributed by atoms with Gasteiger partial charge in [0.1, 0.15) is 5.60 Å². The molecule has 1 heterocycles. The SMILES string of the molecule is CC(C)(C)OC(=O)N1CCC(NC2CCCC2CN)C1. The van der Waals surface area contributed by atoms with Crippen molar-refractivity contribution in [3.63, 3.8) is 0 Å². The number of nitrogens with zero attached hydrogens (tertiary/aromatic N) is 1. The highest BCUT2D eigenvalue weighted by Gasteiger charge is 2.33. The molecule has 3 N–H and O–H groups in total. The second kappa shape index (κ2) is 6.31. The molecular formula is C15H29N3O2. The third-order valence-electron chi connectivity index (χ3n) is 4.25. The molecule has 1 aliphatic carbocycles. The molecule has 5 heteroatoms. The number of rotatable bonds is 3. The maximum Gasteiger partial charge on any atom is 0.410 e. The van der Waals surface area contributed by atoms with Crippen LogP contribution in [0.25, 0.3) is 0 Å². The predicted molar refractivity (Wildman–Crippen MR) is 79.5 cm³/mol. The zero-order valence-electron chi connectivity index (χ0n) is 13.0. The Labute approximate surface area is 122 Å². The van der Waals surface area contributed by atoms with Gasteiger partial charge in [0.2, 0.25) is 0 Å². The minimum Gasteiger partial charge on any atom is -0.444 e. The molecule has 5 nitrogen and oxygen atoms in total. The number of likely N-dealkylation sites (tertiary alicyclic amines) is 1. The Morgan fingerprint density at radius 2 is 2.10 bits per heavy atom. The van der Waals surface area contributed by atoms with E-state index >= 15 is 0 Å². The first-order chi connectivity index (χ1) is 9.39. The molecule has 0 aromatic rings. The third kappa shape index (κ3) is 4.09. The van der Waals surface area contributed by atoms with Crippen molar-refractivity contribution in [2.45, 2.75) is 64.1 Å². The average molecular weight is 283 g/mol. The number of carbonyl (C=O) groups excluding carboxylic acids is 1. The van der Waals surface area contributed by atoms with E-state index in [2.05, 4.69) is 5.32 Å². The Hall–Kier alpha value is -0.810. The van der Waals surface area contributed by atoms with Crippen LogP contribution in [0.5, 0.6) is 0 Å². The van der Waals surface area contributed by atoms with Crippen molar-refractivity contribution in [2.75, 3.05) is 19.6 Å². The second-order valence-electron chi connectivity index (χ2n) is 7.11. The van der Waals surface area contributed by atoms with E-state index in [1.165, 1.54) is 19.3 Å². The highest BCUT2D eigenvalue weighted by Crippen LogP contribution is 2.26. The van der Waals surface area contributed by atoms with Crippen LogP contribution >= 0.6 is 0 Å². The van der Waals surface area contributed by atoms with Gasteiger partial charge >= 0.3 is 6.09 Å². The molecule has 1 saturated heterocycles. The Balaban J connectivity index is 1.79. The van der Waals surface area contributed by atoms with Gasteiger partial charge in [-0.2, -0.15) is 0 Å². The number of carbonyl (C=O) groups is 1. The average Bonchev–Trinajstić information content (AvgIpc) is 2.96. The molecule has 0 spiro atoms. The van der Waals surface area contributed by atoms with Crippen LogP contribution in [-0.4, -0.2) is 48.3 Å². The largest absolute Gasteiger partial charge is 0.444 e. The van der Waals surface area contributed by atoms with Crippen molar-refractivity contribution in [2.24, 2.45) is 11.7 Å². The van der Waals surface area contributed by atoms with Crippen LogP contribution in [0.1, 0.15) is 46.5 Å². The van der Waals surface area contributed by atoms with Gasteiger partial charge in [-0.05, 0) is 52.5 Å². The van der Waals surface area contributed by atoms with Crippen molar-refractivity contribution in [1.29, 1.82) is 0 Å². The summed E-state index contributed by atoms with van der Waals surface area (Å²) in [7, 11) is 0. The van der Waals surface area contributed by atoms with E-state index in [0.29, 0.717) is 18.0 Å². The summed E-state index contributed by atoms with van der Waals surface area (Å²) in [5, 5.41) is 3.70. The maximum atomic E-state index is 12.0. The number of nitrogens with two attached hydrogens (primary N) is 1. The van der Waals surface area contributed by atoms with Crippen LogP contribution in [0.15, 0.2) is 0 Å². The highest BCUT2D eigenvalue weighted by atomic mass is 16.6. The lowest BCUT2D eigenvalue weighted by Gasteiger charge is -2.26. The van der Waals surface area contributed by atoms with Gasteiger partial charge in [0.15, 0.2) is 0 Å². The molecule has 20 heavy (non-hydrogen) atoms. The Morgan fingerprint density at radius 3 is 2.75 bits per heavy atom. The summed E-state index contributed by atoms with van der Waals surface area (Å²) in [6.07, 6.45) is 4.53. The van der Waals surface area contributed by atoms with Gasteiger partial charge in [-0.3, -0.25) is 0 Å². The van der Waals surface area contributed by atoms with E-state index in [9.17, 15) is 4.79 Å². The standard InChI is InChI=1S/C15H29N3O2/c1-15(2,3)20-14(19)18-8-7-12(10-18)17-13-6-4-5-11(13)9-16/h11-13,17H,4-10,16H2,1-3H3. The normalized spacial score (nSPS) is 30.8. The molecule has 0 aromatic carbocycles. The smallest absolute Gasteiger partial charge is 0.410 e. The fourth-order valence-corrected chi connectivity index (χ4v) is 3.23. The number of hydrogen-bond acceptors (Lipinski definition) is 4. The minimum atomic E-state index is -0.418. The van der Waals surface area contributed by atoms with Crippen molar-refractivity contribution in [3.05, 3.63) is 0 Å². The lowest BCUT2D eigenvalue weighted by Crippen LogP contribution is -2.44. The molecule has 3 atom stereocenters. The van der Waals surface area contributed by atoms with Crippen molar-refractivity contribution in [3.8, 4) is 0 Å². The number of ether oxygens (including phenoxy) is 1. The van der Waals surface area contributed by atoms with Gasteiger partial charge < -0.3 is 20.7 Å². The van der Waals surface area contributed by atoms with Crippen molar-refractivity contribution < 1.29 is 9.53 Å². The molecular weight excluding hydrogens is 254 g/mol. The minimum absolute atomic E-state index is 0.191. The molecule has 1 amide bonds. The van der Waals surface area contributed by atoms with Gasteiger partial charge in [0.25, 0.3) is 0 Å². The quantitative estimate of drug-likeness (QED) is 0.827. The predicted octanol–water partition coefficient (Wildman–Crippen LogP) is 1.71. The molecule has 1 aliphatic heterocycles. The summed E-state index contributed by atoms with van der Waals surface area (Å²) < 4.78 is 5.42. The monoisotopic (exact) mass is 283 g/mol. The fourth-order valence-electron chi connectivity index (χ4n) is 3.23. The molecule has 2 aliphatic rings. The fraction of sp³-hybridized carbons (Fsp3) is 0.933. The summed E-state index contributed by atoms with van der Waals surface area (Å²) in [6, 6.07) is 0.920. The van der Waals surface area contributed by atoms with Crippen molar-refractivity contribution in [1.82, 2.24) is 10.2 Å². The zero-order chi connectivity index (χ0) is 14.8. The van der Waals surface area contributed by atoms with Crippen LogP contribution in [-0.2, 0) is 4.74 Å². The van der Waals surface area contributed by atoms with E-state index in [1.807, 2.05) is 25.7 Å². The Bertz CT molecular complexity index is 341. The Kier molecular flexibility index (Phi) is 4.91. The number of nitrogens with one attached hydrogen (secondary N) is 1. The zero-order valence-corrected chi connectivity index (χ0v) is 13.0. The molecule has 2 rings (SSSR count). The lowest BCUT2D eigenvalue weighted by atomic mass is 10.0.